The van der Waals surface area contributed by atoms with E-state index in [4.69, 9.17) is 4.74 Å². The normalized spacial score (nSPS) is 14.8. The van der Waals surface area contributed by atoms with E-state index in [1.165, 1.54) is 16.7 Å². The summed E-state index contributed by atoms with van der Waals surface area (Å²) in [5.74, 6) is 2.42. The zero-order chi connectivity index (χ0) is 13.5. The van der Waals surface area contributed by atoms with Gasteiger partial charge in [-0.1, -0.05) is 0 Å². The Morgan fingerprint density at radius 3 is 1.75 bits per heavy atom. The second-order valence-corrected chi connectivity index (χ2v) is 14.5. The van der Waals surface area contributed by atoms with E-state index in [9.17, 15) is 0 Å². The molecule has 0 aliphatic carbocycles. The van der Waals surface area contributed by atoms with E-state index < -0.39 is 13.6 Å². The maximum absolute atomic E-state index is 4.88. The van der Waals surface area contributed by atoms with Gasteiger partial charge in [-0.25, -0.2) is 0 Å². The van der Waals surface area contributed by atoms with Crippen molar-refractivity contribution in [2.24, 2.45) is 0 Å². The van der Waals surface area contributed by atoms with E-state index in [0.717, 1.165) is 4.71 Å². The summed E-state index contributed by atoms with van der Waals surface area (Å²) in [4.78, 5) is 0. The van der Waals surface area contributed by atoms with Crippen molar-refractivity contribution in [3.05, 3.63) is 48.5 Å². The SMILES string of the molecule is CC[As]1(C(C)C)c2ccccc2[OH+]c2ccccc21.[I-]. The molecule has 0 saturated heterocycles. The first-order valence-corrected chi connectivity index (χ1v) is 11.3. The summed E-state index contributed by atoms with van der Waals surface area (Å²) < 4.78 is 8.71. The largest absolute Gasteiger partial charge is 1.00 e. The van der Waals surface area contributed by atoms with Gasteiger partial charge in [0, 0.05) is 0 Å². The Morgan fingerprint density at radius 1 is 0.900 bits per heavy atom. The number of hydrogen-bond acceptors (Lipinski definition) is 0. The van der Waals surface area contributed by atoms with Gasteiger partial charge in [0.2, 0.25) is 0 Å². The molecular formula is C17H21AsIO. The van der Waals surface area contributed by atoms with Crippen molar-refractivity contribution in [3.8, 4) is 11.5 Å². The third-order valence-electron chi connectivity index (χ3n) is 4.24. The van der Waals surface area contributed by atoms with E-state index in [1.54, 1.807) is 8.70 Å². The van der Waals surface area contributed by atoms with Crippen molar-refractivity contribution in [3.63, 3.8) is 0 Å². The molecule has 0 fully saturated rings. The van der Waals surface area contributed by atoms with Gasteiger partial charge >= 0.3 is 118 Å². The molecule has 1 nitrogen and oxygen atoms in total. The van der Waals surface area contributed by atoms with Gasteiger partial charge in [-0.2, -0.15) is 0 Å². The smallest absolute Gasteiger partial charge is 1.00 e. The molecule has 0 saturated carbocycles. The number of aromatic hydroxyl groups is 2. The number of benzene rings is 2. The first kappa shape index (κ1) is 15.9. The number of fused-ring (bicyclic) bond motifs is 2. The van der Waals surface area contributed by atoms with Crippen LogP contribution in [0.1, 0.15) is 20.8 Å². The molecule has 107 valence electrons. The molecule has 1 aliphatic rings. The van der Waals surface area contributed by atoms with Crippen LogP contribution in [0.25, 0.3) is 0 Å². The first-order valence-electron chi connectivity index (χ1n) is 6.99. The molecule has 2 aromatic carbocycles. The zero-order valence-electron chi connectivity index (χ0n) is 12.2. The average Bonchev–Trinajstić information content (AvgIpc) is 2.44. The Balaban J connectivity index is 0.00000147. The summed E-state index contributed by atoms with van der Waals surface area (Å²) in [5, 5.41) is 1.28. The van der Waals surface area contributed by atoms with Gasteiger partial charge in [-0.05, 0) is 0 Å². The molecule has 1 heterocycles. The Hall–Kier alpha value is -0.472. The molecule has 0 bridgehead atoms. The summed E-state index contributed by atoms with van der Waals surface area (Å²) in [6, 6.07) is 17.6. The number of halogens is 1. The van der Waals surface area contributed by atoms with Crippen LogP contribution in [0.2, 0.25) is 9.91 Å². The van der Waals surface area contributed by atoms with Crippen molar-refractivity contribution in [2.75, 3.05) is 0 Å². The van der Waals surface area contributed by atoms with E-state index in [0.29, 0.717) is 0 Å². The summed E-state index contributed by atoms with van der Waals surface area (Å²) in [6.45, 7) is 7.16. The molecule has 1 N–H and O–H groups in total. The molecule has 0 atom stereocenters. The standard InChI is InChI=1S/C17H20AsO.HI/c1-4-18(13(2)3)14-9-5-7-11-16(14)19-17-12-8-6-10-15(17)18;/h5-13H,4H2,1-3H3;1H. The molecule has 3 rings (SSSR count). The van der Waals surface area contributed by atoms with Gasteiger partial charge in [0.1, 0.15) is 0 Å². The van der Waals surface area contributed by atoms with Crippen LogP contribution in [0.4, 0.5) is 0 Å². The third-order valence-corrected chi connectivity index (χ3v) is 15.2. The van der Waals surface area contributed by atoms with Crippen LogP contribution >= 0.6 is 0 Å². The maximum atomic E-state index is 4.88. The van der Waals surface area contributed by atoms with Crippen LogP contribution in [0.15, 0.2) is 48.5 Å². The topological polar surface area (TPSA) is 12.8 Å². The Morgan fingerprint density at radius 2 is 1.35 bits per heavy atom. The van der Waals surface area contributed by atoms with Crippen molar-refractivity contribution in [1.82, 2.24) is 0 Å². The summed E-state index contributed by atoms with van der Waals surface area (Å²) in [7, 11) is 0. The fourth-order valence-electron chi connectivity index (χ4n) is 3.31. The van der Waals surface area contributed by atoms with Crippen molar-refractivity contribution < 1.29 is 28.7 Å². The molecule has 1 radical (unpaired) electrons. The quantitative estimate of drug-likeness (QED) is 0.368. The van der Waals surface area contributed by atoms with Crippen molar-refractivity contribution >= 4 is 22.3 Å². The molecule has 0 spiro atoms. The third kappa shape index (κ3) is 2.21. The second kappa shape index (κ2) is 6.11. The molecule has 1 aliphatic heterocycles. The van der Waals surface area contributed by atoms with Crippen LogP contribution in [-0.2, 0) is 0 Å². The van der Waals surface area contributed by atoms with Gasteiger partial charge in [-0.15, -0.1) is 0 Å². The van der Waals surface area contributed by atoms with Crippen LogP contribution in [0, 0.1) is 0 Å². The molecule has 0 amide bonds. The number of ether oxygens (including phenoxy) is 1. The maximum Gasteiger partial charge on any atom is -1.00 e. The predicted octanol–water partition coefficient (Wildman–Crippen LogP) is 0.652. The molecule has 0 aromatic heterocycles. The number of rotatable bonds is 2. The van der Waals surface area contributed by atoms with Gasteiger partial charge in [0.05, 0.1) is 0 Å². The summed E-state index contributed by atoms with van der Waals surface area (Å²) in [5.41, 5.74) is 0. The summed E-state index contributed by atoms with van der Waals surface area (Å²) >= 11 is -2.09. The second-order valence-electron chi connectivity index (χ2n) is 5.37. The van der Waals surface area contributed by atoms with E-state index >= 15 is 0 Å². The van der Waals surface area contributed by atoms with Gasteiger partial charge in [0.25, 0.3) is 0 Å². The molecule has 20 heavy (non-hydrogen) atoms. The number of hydrogen-bond donors (Lipinski definition) is 0. The molecular weight excluding hydrogens is 422 g/mol. The van der Waals surface area contributed by atoms with Gasteiger partial charge in [0.15, 0.2) is 0 Å². The minimum atomic E-state index is -2.09. The first-order chi connectivity index (χ1) is 9.20. The van der Waals surface area contributed by atoms with Crippen LogP contribution in [-0.4, -0.2) is 18.3 Å². The van der Waals surface area contributed by atoms with Crippen molar-refractivity contribution in [2.45, 2.75) is 30.7 Å². The Kier molecular flexibility index (Phi) is 4.86. The van der Waals surface area contributed by atoms with Crippen LogP contribution in [0.5, 0.6) is 11.5 Å². The minimum absolute atomic E-state index is 0. The van der Waals surface area contributed by atoms with E-state index in [-0.39, 0.29) is 24.0 Å². The van der Waals surface area contributed by atoms with Gasteiger partial charge < -0.3 is 24.0 Å². The van der Waals surface area contributed by atoms with Crippen molar-refractivity contribution in [1.29, 1.82) is 0 Å². The fraction of sp³-hybridized carbons (Fsp3) is 0.294. The van der Waals surface area contributed by atoms with Crippen LogP contribution < -0.4 is 32.7 Å². The van der Waals surface area contributed by atoms with Crippen LogP contribution in [0.3, 0.4) is 0 Å². The molecule has 2 aromatic rings. The Labute approximate surface area is 141 Å². The predicted molar refractivity (Wildman–Crippen MR) is 84.6 cm³/mol. The number of para-hydroxylation sites is 2. The average molecular weight is 443 g/mol. The van der Waals surface area contributed by atoms with E-state index in [2.05, 4.69) is 69.3 Å². The Bertz CT molecular complexity index is 564. The monoisotopic (exact) mass is 443 g/mol. The zero-order valence-corrected chi connectivity index (χ0v) is 16.2. The summed E-state index contributed by atoms with van der Waals surface area (Å²) in [6.07, 6.45) is 0. The van der Waals surface area contributed by atoms with E-state index in [1.807, 2.05) is 0 Å². The fourth-order valence-corrected chi connectivity index (χ4v) is 12.9. The molecule has 0 unspecified atom stereocenters. The molecule has 3 heteroatoms. The minimum Gasteiger partial charge on any atom is -1.00 e. The van der Waals surface area contributed by atoms with Gasteiger partial charge in [-0.3, -0.25) is 0 Å².